The number of hydrogen-bond acceptors (Lipinski definition) is 5. The fourth-order valence-electron chi connectivity index (χ4n) is 3.18. The van der Waals surface area contributed by atoms with Crippen molar-refractivity contribution in [2.24, 2.45) is 11.3 Å². The van der Waals surface area contributed by atoms with Gasteiger partial charge < -0.3 is 15.2 Å². The molecular formula is C14H15FN2O6S. The molecule has 2 aliphatic rings. The number of nitrogens with one attached hydrogen (secondary N) is 1. The van der Waals surface area contributed by atoms with Gasteiger partial charge in [-0.3, -0.25) is 9.59 Å². The number of carbonyl (C=O) groups is 2. The van der Waals surface area contributed by atoms with Crippen LogP contribution in [0.5, 0.6) is 5.75 Å². The van der Waals surface area contributed by atoms with Crippen molar-refractivity contribution in [3.8, 4) is 5.75 Å². The van der Waals surface area contributed by atoms with E-state index >= 15 is 0 Å². The third kappa shape index (κ3) is 2.25. The van der Waals surface area contributed by atoms with Crippen LogP contribution in [-0.4, -0.2) is 56.5 Å². The number of benzene rings is 1. The maximum atomic E-state index is 13.8. The zero-order valence-electron chi connectivity index (χ0n) is 12.7. The second kappa shape index (κ2) is 5.42. The lowest BCUT2D eigenvalue weighted by molar-refractivity contribution is -0.149. The van der Waals surface area contributed by atoms with E-state index in [1.54, 1.807) is 0 Å². The van der Waals surface area contributed by atoms with Crippen molar-refractivity contribution in [2.45, 2.75) is 4.90 Å². The minimum Gasteiger partial charge on any atom is -0.494 e. The second-order valence-electron chi connectivity index (χ2n) is 5.83. The van der Waals surface area contributed by atoms with Crippen LogP contribution < -0.4 is 10.1 Å². The Bertz CT molecular complexity index is 827. The first-order valence-corrected chi connectivity index (χ1v) is 8.51. The summed E-state index contributed by atoms with van der Waals surface area (Å²) in [5.41, 5.74) is -1.49. The molecule has 2 heterocycles. The summed E-state index contributed by atoms with van der Waals surface area (Å²) < 4.78 is 44.8. The van der Waals surface area contributed by atoms with Gasteiger partial charge in [-0.1, -0.05) is 0 Å². The molecule has 130 valence electrons. The Labute approximate surface area is 137 Å². The summed E-state index contributed by atoms with van der Waals surface area (Å²) in [7, 11) is -2.88. The van der Waals surface area contributed by atoms with E-state index in [1.807, 2.05) is 0 Å². The maximum absolute atomic E-state index is 13.8. The number of halogens is 1. The molecule has 2 saturated heterocycles. The van der Waals surface area contributed by atoms with Gasteiger partial charge in [-0.05, 0) is 18.2 Å². The van der Waals surface area contributed by atoms with Crippen molar-refractivity contribution in [2.75, 3.05) is 26.7 Å². The first-order valence-electron chi connectivity index (χ1n) is 7.07. The second-order valence-corrected chi connectivity index (χ2v) is 7.76. The molecule has 1 aromatic carbocycles. The van der Waals surface area contributed by atoms with Crippen molar-refractivity contribution in [3.05, 3.63) is 24.0 Å². The zero-order valence-corrected chi connectivity index (χ0v) is 13.5. The number of amides is 1. The molecule has 8 nitrogen and oxygen atoms in total. The molecule has 2 fully saturated rings. The molecule has 1 amide bonds. The average molecular weight is 358 g/mol. The molecule has 0 saturated carbocycles. The van der Waals surface area contributed by atoms with E-state index in [9.17, 15) is 27.5 Å². The minimum absolute atomic E-state index is 0.103. The lowest BCUT2D eigenvalue weighted by Gasteiger charge is -2.21. The number of methoxy groups -OCH3 is 1. The molecule has 0 radical (unpaired) electrons. The number of carboxylic acids is 1. The van der Waals surface area contributed by atoms with Gasteiger partial charge in [0.15, 0.2) is 11.6 Å². The zero-order chi connectivity index (χ0) is 17.7. The topological polar surface area (TPSA) is 113 Å². The quantitative estimate of drug-likeness (QED) is 0.761. The number of fused-ring (bicyclic) bond motifs is 1. The van der Waals surface area contributed by atoms with Gasteiger partial charge in [0.2, 0.25) is 15.9 Å². The Morgan fingerprint density at radius 1 is 1.50 bits per heavy atom. The first kappa shape index (κ1) is 16.7. The Hall–Kier alpha value is -2.20. The van der Waals surface area contributed by atoms with E-state index in [-0.39, 0.29) is 30.3 Å². The Morgan fingerprint density at radius 3 is 2.75 bits per heavy atom. The molecule has 2 aliphatic heterocycles. The number of aliphatic carboxylic acids is 1. The Morgan fingerprint density at radius 2 is 2.21 bits per heavy atom. The fourth-order valence-corrected chi connectivity index (χ4v) is 4.72. The summed E-state index contributed by atoms with van der Waals surface area (Å²) in [5, 5.41) is 11.9. The highest BCUT2D eigenvalue weighted by atomic mass is 32.2. The fraction of sp³-hybridized carbons (Fsp3) is 0.429. The van der Waals surface area contributed by atoms with E-state index in [2.05, 4.69) is 5.32 Å². The van der Waals surface area contributed by atoms with Crippen LogP contribution in [0.2, 0.25) is 0 Å². The number of hydrogen-bond donors (Lipinski definition) is 2. The highest BCUT2D eigenvalue weighted by molar-refractivity contribution is 7.89. The minimum atomic E-state index is -4.13. The number of ether oxygens (including phenoxy) is 1. The van der Waals surface area contributed by atoms with Gasteiger partial charge in [0.1, 0.15) is 5.41 Å². The van der Waals surface area contributed by atoms with Crippen molar-refractivity contribution >= 4 is 21.9 Å². The van der Waals surface area contributed by atoms with Crippen LogP contribution in [0, 0.1) is 17.2 Å². The molecule has 1 aromatic rings. The summed E-state index contributed by atoms with van der Waals surface area (Å²) in [6.45, 7) is -0.731. The summed E-state index contributed by atoms with van der Waals surface area (Å²) in [4.78, 5) is 23.1. The van der Waals surface area contributed by atoms with Gasteiger partial charge in [0.05, 0.1) is 17.9 Å². The van der Waals surface area contributed by atoms with Gasteiger partial charge in [0, 0.05) is 19.6 Å². The van der Waals surface area contributed by atoms with Crippen molar-refractivity contribution in [1.82, 2.24) is 9.62 Å². The predicted molar refractivity (Wildman–Crippen MR) is 78.3 cm³/mol. The third-order valence-electron chi connectivity index (χ3n) is 4.59. The van der Waals surface area contributed by atoms with Gasteiger partial charge in [-0.15, -0.1) is 0 Å². The normalized spacial score (nSPS) is 26.9. The van der Waals surface area contributed by atoms with E-state index in [1.165, 1.54) is 19.2 Å². The lowest BCUT2D eigenvalue weighted by Crippen LogP contribution is -2.41. The molecule has 0 aliphatic carbocycles. The van der Waals surface area contributed by atoms with E-state index in [0.29, 0.717) is 0 Å². The number of carboxylic acid groups (broad SMARTS) is 1. The summed E-state index contributed by atoms with van der Waals surface area (Å²) in [6.07, 6.45) is 0. The molecular weight excluding hydrogens is 343 g/mol. The van der Waals surface area contributed by atoms with Crippen LogP contribution in [0.4, 0.5) is 4.39 Å². The van der Waals surface area contributed by atoms with Crippen molar-refractivity contribution in [3.63, 3.8) is 0 Å². The molecule has 0 unspecified atom stereocenters. The molecule has 24 heavy (non-hydrogen) atoms. The van der Waals surface area contributed by atoms with Crippen LogP contribution in [-0.2, 0) is 19.6 Å². The van der Waals surface area contributed by atoms with Crippen LogP contribution in [0.15, 0.2) is 23.1 Å². The van der Waals surface area contributed by atoms with Crippen LogP contribution in [0.1, 0.15) is 0 Å². The molecule has 0 spiro atoms. The number of sulfonamides is 1. The SMILES string of the molecule is COc1ccc(S(=O)(=O)N2C[C@H]3C(=O)NC[C@@]3(C(=O)O)C2)cc1F. The summed E-state index contributed by atoms with van der Waals surface area (Å²) >= 11 is 0. The van der Waals surface area contributed by atoms with Gasteiger partial charge in [-0.25, -0.2) is 12.8 Å². The summed E-state index contributed by atoms with van der Waals surface area (Å²) in [6, 6.07) is 3.17. The van der Waals surface area contributed by atoms with Crippen LogP contribution in [0.25, 0.3) is 0 Å². The molecule has 2 atom stereocenters. The van der Waals surface area contributed by atoms with Crippen molar-refractivity contribution in [1.29, 1.82) is 0 Å². The number of nitrogens with zero attached hydrogens (tertiary/aromatic N) is 1. The highest BCUT2D eigenvalue weighted by Gasteiger charge is 2.61. The largest absolute Gasteiger partial charge is 0.494 e. The van der Waals surface area contributed by atoms with Crippen LogP contribution >= 0.6 is 0 Å². The first-order chi connectivity index (χ1) is 11.2. The van der Waals surface area contributed by atoms with E-state index in [4.69, 9.17) is 4.74 Å². The Kier molecular flexibility index (Phi) is 3.76. The van der Waals surface area contributed by atoms with E-state index < -0.39 is 39.0 Å². The maximum Gasteiger partial charge on any atom is 0.313 e. The molecule has 0 bridgehead atoms. The standard InChI is InChI=1S/C14H15FN2O6S/c1-23-11-3-2-8(4-10(11)15)24(21,22)17-5-9-12(18)16-6-14(9,7-17)13(19)20/h2-4,9H,5-7H2,1H3,(H,16,18)(H,19,20)/t9-,14+/m0/s1. The lowest BCUT2D eigenvalue weighted by atomic mass is 9.81. The van der Waals surface area contributed by atoms with E-state index in [0.717, 1.165) is 10.4 Å². The van der Waals surface area contributed by atoms with Gasteiger partial charge in [0.25, 0.3) is 0 Å². The molecule has 3 rings (SSSR count). The Balaban J connectivity index is 1.96. The van der Waals surface area contributed by atoms with Crippen molar-refractivity contribution < 1.29 is 32.2 Å². The highest BCUT2D eigenvalue weighted by Crippen LogP contribution is 2.42. The monoisotopic (exact) mass is 358 g/mol. The molecule has 0 aromatic heterocycles. The molecule has 2 N–H and O–H groups in total. The van der Waals surface area contributed by atoms with Gasteiger partial charge >= 0.3 is 5.97 Å². The summed E-state index contributed by atoms with van der Waals surface area (Å²) in [5.74, 6) is -3.63. The van der Waals surface area contributed by atoms with Gasteiger partial charge in [-0.2, -0.15) is 4.31 Å². The predicted octanol–water partition coefficient (Wildman–Crippen LogP) is -0.344. The number of rotatable bonds is 4. The smallest absolute Gasteiger partial charge is 0.313 e. The number of carbonyl (C=O) groups excluding carboxylic acids is 1. The van der Waals surface area contributed by atoms with Crippen LogP contribution in [0.3, 0.4) is 0 Å². The third-order valence-corrected chi connectivity index (χ3v) is 6.40. The molecule has 10 heteroatoms. The average Bonchev–Trinajstić information content (AvgIpc) is 3.07.